The zero-order valence-electron chi connectivity index (χ0n) is 17.2. The van der Waals surface area contributed by atoms with Gasteiger partial charge in [-0.15, -0.1) is 0 Å². The third-order valence-electron chi connectivity index (χ3n) is 5.47. The minimum Gasteiger partial charge on any atom is -0.355 e. The average Bonchev–Trinajstić information content (AvgIpc) is 2.90. The van der Waals surface area contributed by atoms with Gasteiger partial charge in [0, 0.05) is 37.3 Å². The second kappa shape index (κ2) is 9.67. The molecule has 29 heavy (non-hydrogen) atoms. The summed E-state index contributed by atoms with van der Waals surface area (Å²) in [5.41, 5.74) is 3.22. The fourth-order valence-electron chi connectivity index (χ4n) is 3.77. The lowest BCUT2D eigenvalue weighted by atomic mass is 10.1. The number of amides is 2. The van der Waals surface area contributed by atoms with Gasteiger partial charge >= 0.3 is 0 Å². The van der Waals surface area contributed by atoms with Crippen molar-refractivity contribution >= 4 is 11.8 Å². The highest BCUT2D eigenvalue weighted by Crippen LogP contribution is 2.19. The number of hydrogen-bond donors (Lipinski definition) is 1. The highest BCUT2D eigenvalue weighted by Gasteiger charge is 2.18. The minimum absolute atomic E-state index is 0.115. The second-order valence-corrected chi connectivity index (χ2v) is 7.61. The van der Waals surface area contributed by atoms with Crippen molar-refractivity contribution in [3.05, 3.63) is 47.0 Å². The molecule has 1 aromatic heterocycles. The number of likely N-dealkylation sites (tertiary alicyclic amines) is 1. The number of carbonyl (C=O) groups excluding carboxylic acids is 2. The molecule has 1 aromatic carbocycles. The van der Waals surface area contributed by atoms with Crippen molar-refractivity contribution < 1.29 is 14.0 Å². The predicted molar refractivity (Wildman–Crippen MR) is 109 cm³/mol. The first-order chi connectivity index (χ1) is 14.0. The van der Waals surface area contributed by atoms with Crippen molar-refractivity contribution in [2.75, 3.05) is 19.6 Å². The Labute approximate surface area is 171 Å². The summed E-state index contributed by atoms with van der Waals surface area (Å²) in [5.74, 6) is -0.313. The summed E-state index contributed by atoms with van der Waals surface area (Å²) < 4.78 is 14.9. The van der Waals surface area contributed by atoms with Crippen molar-refractivity contribution in [3.63, 3.8) is 0 Å². The first-order valence-corrected chi connectivity index (χ1v) is 10.3. The van der Waals surface area contributed by atoms with Gasteiger partial charge < -0.3 is 10.2 Å². The van der Waals surface area contributed by atoms with Crippen molar-refractivity contribution in [1.82, 2.24) is 20.0 Å². The Morgan fingerprint density at radius 2 is 1.72 bits per heavy atom. The van der Waals surface area contributed by atoms with Crippen molar-refractivity contribution in [2.45, 2.75) is 52.4 Å². The number of rotatable bonds is 6. The van der Waals surface area contributed by atoms with Crippen LogP contribution >= 0.6 is 0 Å². The highest BCUT2D eigenvalue weighted by molar-refractivity contribution is 5.81. The summed E-state index contributed by atoms with van der Waals surface area (Å²) in [4.78, 5) is 26.6. The normalized spacial score (nSPS) is 14.5. The average molecular weight is 400 g/mol. The lowest BCUT2D eigenvalue weighted by molar-refractivity contribution is -0.131. The van der Waals surface area contributed by atoms with E-state index in [0.717, 1.165) is 48.6 Å². The smallest absolute Gasteiger partial charge is 0.224 e. The molecule has 1 aliphatic heterocycles. The van der Waals surface area contributed by atoms with Crippen LogP contribution in [0.15, 0.2) is 24.3 Å². The van der Waals surface area contributed by atoms with Crippen LogP contribution in [0.2, 0.25) is 0 Å². The van der Waals surface area contributed by atoms with E-state index >= 15 is 0 Å². The van der Waals surface area contributed by atoms with Crippen molar-refractivity contribution in [1.29, 1.82) is 0 Å². The summed E-state index contributed by atoms with van der Waals surface area (Å²) in [5, 5.41) is 7.35. The molecule has 0 spiro atoms. The molecule has 1 saturated heterocycles. The molecule has 156 valence electrons. The number of aryl methyl sites for hydroxylation is 1. The second-order valence-electron chi connectivity index (χ2n) is 7.61. The van der Waals surface area contributed by atoms with Gasteiger partial charge in [-0.25, -0.2) is 9.07 Å². The molecule has 0 bridgehead atoms. The monoisotopic (exact) mass is 400 g/mol. The number of halogens is 1. The maximum atomic E-state index is 13.2. The molecule has 0 saturated carbocycles. The van der Waals surface area contributed by atoms with E-state index in [2.05, 4.69) is 10.4 Å². The Kier molecular flexibility index (Phi) is 7.01. The number of carbonyl (C=O) groups is 2. The number of nitrogens with one attached hydrogen (secondary N) is 1. The van der Waals surface area contributed by atoms with Crippen LogP contribution in [0.4, 0.5) is 4.39 Å². The fourth-order valence-corrected chi connectivity index (χ4v) is 3.77. The molecule has 1 fully saturated rings. The van der Waals surface area contributed by atoms with Gasteiger partial charge in [-0.2, -0.15) is 5.10 Å². The third kappa shape index (κ3) is 5.43. The SMILES string of the molecule is Cc1nn(-c2ccc(F)cc2)c(C)c1CC(=O)NCCC(=O)N1CCCCCC1. The molecule has 3 rings (SSSR count). The van der Waals surface area contributed by atoms with Crippen LogP contribution in [-0.4, -0.2) is 46.1 Å². The van der Waals surface area contributed by atoms with Gasteiger partial charge in [0.2, 0.25) is 11.8 Å². The molecule has 7 heteroatoms. The molecule has 2 aromatic rings. The van der Waals surface area contributed by atoms with Gasteiger partial charge in [0.25, 0.3) is 0 Å². The Bertz CT molecular complexity index is 852. The molecule has 1 aliphatic rings. The zero-order chi connectivity index (χ0) is 20.8. The first-order valence-electron chi connectivity index (χ1n) is 10.3. The maximum Gasteiger partial charge on any atom is 0.224 e. The predicted octanol–water partition coefficient (Wildman–Crippen LogP) is 3.08. The lowest BCUT2D eigenvalue weighted by Crippen LogP contribution is -2.35. The van der Waals surface area contributed by atoms with Gasteiger partial charge in [-0.3, -0.25) is 9.59 Å². The number of hydrogen-bond acceptors (Lipinski definition) is 3. The van der Waals surface area contributed by atoms with Crippen LogP contribution in [-0.2, 0) is 16.0 Å². The number of benzene rings is 1. The summed E-state index contributed by atoms with van der Waals surface area (Å²) in [6, 6.07) is 6.10. The van der Waals surface area contributed by atoms with E-state index in [4.69, 9.17) is 0 Å². The van der Waals surface area contributed by atoms with Gasteiger partial charge in [-0.05, 0) is 51.0 Å². The summed E-state index contributed by atoms with van der Waals surface area (Å²) in [6.45, 7) is 5.76. The van der Waals surface area contributed by atoms with Crippen molar-refractivity contribution in [2.24, 2.45) is 0 Å². The lowest BCUT2D eigenvalue weighted by Gasteiger charge is -2.20. The van der Waals surface area contributed by atoms with Gasteiger partial charge in [0.1, 0.15) is 5.82 Å². The topological polar surface area (TPSA) is 67.2 Å². The van der Waals surface area contributed by atoms with Gasteiger partial charge in [-0.1, -0.05) is 12.8 Å². The maximum absolute atomic E-state index is 13.2. The molecule has 0 aliphatic carbocycles. The van der Waals surface area contributed by atoms with Crippen molar-refractivity contribution in [3.8, 4) is 5.69 Å². The fraction of sp³-hybridized carbons (Fsp3) is 0.500. The van der Waals surface area contributed by atoms with Crippen LogP contribution in [0.3, 0.4) is 0 Å². The summed E-state index contributed by atoms with van der Waals surface area (Å²) in [6.07, 6.45) is 5.04. The van der Waals surface area contributed by atoms with Crippen LogP contribution < -0.4 is 5.32 Å². The van der Waals surface area contributed by atoms with E-state index in [1.807, 2.05) is 18.7 Å². The molecule has 0 radical (unpaired) electrons. The van der Waals surface area contributed by atoms with E-state index < -0.39 is 0 Å². The van der Waals surface area contributed by atoms with Crippen LogP contribution in [0.5, 0.6) is 0 Å². The zero-order valence-corrected chi connectivity index (χ0v) is 17.2. The molecule has 0 atom stereocenters. The van der Waals surface area contributed by atoms with E-state index in [-0.39, 0.29) is 24.1 Å². The number of aromatic nitrogens is 2. The van der Waals surface area contributed by atoms with E-state index in [0.29, 0.717) is 13.0 Å². The summed E-state index contributed by atoms with van der Waals surface area (Å²) in [7, 11) is 0. The van der Waals surface area contributed by atoms with E-state index in [1.54, 1.807) is 16.8 Å². The molecule has 2 amide bonds. The van der Waals surface area contributed by atoms with Crippen LogP contribution in [0.1, 0.15) is 49.1 Å². The molecular weight excluding hydrogens is 371 g/mol. The third-order valence-corrected chi connectivity index (χ3v) is 5.47. The van der Waals surface area contributed by atoms with Gasteiger partial charge in [0.05, 0.1) is 17.8 Å². The molecule has 2 heterocycles. The van der Waals surface area contributed by atoms with Crippen LogP contribution in [0.25, 0.3) is 5.69 Å². The standard InChI is InChI=1S/C22H29FN4O2/c1-16-20(17(2)27(25-16)19-9-7-18(23)8-10-19)15-21(28)24-12-11-22(29)26-13-5-3-4-6-14-26/h7-10H,3-6,11-15H2,1-2H3,(H,24,28). The Balaban J connectivity index is 1.54. The number of nitrogens with zero attached hydrogens (tertiary/aromatic N) is 3. The van der Waals surface area contributed by atoms with E-state index in [1.165, 1.54) is 25.0 Å². The highest BCUT2D eigenvalue weighted by atomic mass is 19.1. The Hall–Kier alpha value is -2.70. The molecule has 1 N–H and O–H groups in total. The first kappa shape index (κ1) is 21.0. The Morgan fingerprint density at radius 1 is 1.07 bits per heavy atom. The minimum atomic E-state index is -0.301. The quantitative estimate of drug-likeness (QED) is 0.810. The Morgan fingerprint density at radius 3 is 2.38 bits per heavy atom. The molecular formula is C22H29FN4O2. The molecule has 6 nitrogen and oxygen atoms in total. The summed E-state index contributed by atoms with van der Waals surface area (Å²) >= 11 is 0. The van der Waals surface area contributed by atoms with Gasteiger partial charge in [0.15, 0.2) is 0 Å². The largest absolute Gasteiger partial charge is 0.355 e. The van der Waals surface area contributed by atoms with Crippen LogP contribution in [0, 0.1) is 19.7 Å². The molecule has 0 unspecified atom stereocenters. The van der Waals surface area contributed by atoms with E-state index in [9.17, 15) is 14.0 Å².